The van der Waals surface area contributed by atoms with E-state index in [9.17, 15) is 9.59 Å². The summed E-state index contributed by atoms with van der Waals surface area (Å²) in [4.78, 5) is 29.8. The van der Waals surface area contributed by atoms with E-state index >= 15 is 0 Å². The number of ether oxygens (including phenoxy) is 1. The van der Waals surface area contributed by atoms with E-state index in [1.165, 1.54) is 24.7 Å². The monoisotopic (exact) mass is 311 g/mol. The topological polar surface area (TPSA) is 69.4 Å². The molecule has 2 aromatic heterocycles. The molecule has 1 aliphatic rings. The van der Waals surface area contributed by atoms with Gasteiger partial charge in [0.25, 0.3) is 0 Å². The van der Waals surface area contributed by atoms with Crippen LogP contribution in [-0.4, -0.2) is 23.7 Å². The fourth-order valence-corrected chi connectivity index (χ4v) is 3.40. The van der Waals surface area contributed by atoms with Crippen molar-refractivity contribution >= 4 is 22.9 Å². The number of methoxy groups -OCH3 is 1. The molecule has 4 rings (SSSR count). The molecule has 0 saturated carbocycles. The standard InChI is InChI=1S/C16H9NO4S/c1-20-8-4-5-9-10(7-8)14(19)15-12(13(9)18)17-16(22-15)11-3-2-6-21-11/h2-7H,1H3. The number of fused-ring (bicyclic) bond motifs is 2. The van der Waals surface area contributed by atoms with Gasteiger partial charge in [0.05, 0.1) is 13.4 Å². The number of nitrogens with zero attached hydrogens (tertiary/aromatic N) is 1. The number of aromatic nitrogens is 1. The molecule has 6 heteroatoms. The molecule has 5 nitrogen and oxygen atoms in total. The van der Waals surface area contributed by atoms with Crippen LogP contribution < -0.4 is 4.74 Å². The van der Waals surface area contributed by atoms with Crippen molar-refractivity contribution in [3.05, 3.63) is 58.3 Å². The summed E-state index contributed by atoms with van der Waals surface area (Å²) in [5.41, 5.74) is 0.903. The Kier molecular flexibility index (Phi) is 2.74. The largest absolute Gasteiger partial charge is 0.497 e. The van der Waals surface area contributed by atoms with Gasteiger partial charge in [-0.05, 0) is 30.3 Å². The first-order valence-electron chi connectivity index (χ1n) is 6.51. The quantitative estimate of drug-likeness (QED) is 0.568. The molecular formula is C16H9NO4S. The molecule has 22 heavy (non-hydrogen) atoms. The first-order valence-corrected chi connectivity index (χ1v) is 7.33. The lowest BCUT2D eigenvalue weighted by Gasteiger charge is -2.13. The van der Waals surface area contributed by atoms with Crippen LogP contribution in [0, 0.1) is 0 Å². The van der Waals surface area contributed by atoms with Gasteiger partial charge in [0, 0.05) is 11.1 Å². The van der Waals surface area contributed by atoms with Gasteiger partial charge >= 0.3 is 0 Å². The molecule has 0 spiro atoms. The summed E-state index contributed by atoms with van der Waals surface area (Å²) in [5, 5.41) is 0.525. The van der Waals surface area contributed by atoms with Crippen molar-refractivity contribution in [2.24, 2.45) is 0 Å². The Hall–Kier alpha value is -2.73. The van der Waals surface area contributed by atoms with Crippen LogP contribution in [0.2, 0.25) is 0 Å². The molecule has 0 amide bonds. The third-order valence-corrected chi connectivity index (χ3v) is 4.57. The smallest absolute Gasteiger partial charge is 0.213 e. The number of thiazole rings is 1. The Morgan fingerprint density at radius 3 is 2.73 bits per heavy atom. The van der Waals surface area contributed by atoms with E-state index in [-0.39, 0.29) is 17.3 Å². The minimum atomic E-state index is -0.249. The van der Waals surface area contributed by atoms with E-state index in [2.05, 4.69) is 4.98 Å². The van der Waals surface area contributed by atoms with Crippen LogP contribution in [0.4, 0.5) is 0 Å². The maximum absolute atomic E-state index is 12.6. The summed E-state index contributed by atoms with van der Waals surface area (Å²) in [6, 6.07) is 8.33. The summed E-state index contributed by atoms with van der Waals surface area (Å²) in [6.07, 6.45) is 1.53. The lowest BCUT2D eigenvalue weighted by atomic mass is 9.91. The van der Waals surface area contributed by atoms with Crippen LogP contribution >= 0.6 is 11.3 Å². The molecule has 1 aromatic carbocycles. The highest BCUT2D eigenvalue weighted by atomic mass is 32.1. The molecule has 0 unspecified atom stereocenters. The van der Waals surface area contributed by atoms with Crippen molar-refractivity contribution in [1.29, 1.82) is 0 Å². The van der Waals surface area contributed by atoms with Crippen LogP contribution in [0.25, 0.3) is 10.8 Å². The second kappa shape index (κ2) is 4.64. The predicted molar refractivity (Wildman–Crippen MR) is 79.7 cm³/mol. The van der Waals surface area contributed by atoms with Crippen LogP contribution in [-0.2, 0) is 0 Å². The van der Waals surface area contributed by atoms with Gasteiger partial charge in [0.15, 0.2) is 10.8 Å². The van der Waals surface area contributed by atoms with E-state index < -0.39 is 0 Å². The average molecular weight is 311 g/mol. The molecule has 0 saturated heterocycles. The minimum absolute atomic E-state index is 0.194. The van der Waals surface area contributed by atoms with Gasteiger partial charge in [-0.25, -0.2) is 4.98 Å². The second-order valence-electron chi connectivity index (χ2n) is 4.74. The summed E-state index contributed by atoms with van der Waals surface area (Å²) < 4.78 is 10.4. The fourth-order valence-electron chi connectivity index (χ4n) is 2.42. The van der Waals surface area contributed by atoms with Crippen LogP contribution in [0.5, 0.6) is 5.75 Å². The molecular weight excluding hydrogens is 302 g/mol. The molecule has 0 atom stereocenters. The van der Waals surface area contributed by atoms with E-state index in [1.54, 1.807) is 30.3 Å². The Morgan fingerprint density at radius 2 is 2.00 bits per heavy atom. The number of ketones is 2. The third kappa shape index (κ3) is 1.74. The number of hydrogen-bond acceptors (Lipinski definition) is 6. The second-order valence-corrected chi connectivity index (χ2v) is 5.74. The van der Waals surface area contributed by atoms with E-state index in [4.69, 9.17) is 9.15 Å². The summed E-state index contributed by atoms with van der Waals surface area (Å²) >= 11 is 1.17. The zero-order chi connectivity index (χ0) is 15.3. The normalized spacial score (nSPS) is 13.0. The van der Waals surface area contributed by atoms with Gasteiger partial charge in [0.1, 0.15) is 16.3 Å². The highest BCUT2D eigenvalue weighted by Crippen LogP contribution is 2.36. The number of carbonyl (C=O) groups is 2. The molecule has 1 aliphatic carbocycles. The van der Waals surface area contributed by atoms with Gasteiger partial charge in [-0.1, -0.05) is 0 Å². The number of carbonyl (C=O) groups excluding carboxylic acids is 2. The summed E-state index contributed by atoms with van der Waals surface area (Å²) in [7, 11) is 1.52. The lowest BCUT2D eigenvalue weighted by molar-refractivity contribution is 0.0979. The fraction of sp³-hybridized carbons (Fsp3) is 0.0625. The van der Waals surface area contributed by atoms with E-state index in [0.717, 1.165) is 0 Å². The van der Waals surface area contributed by atoms with Crippen molar-refractivity contribution in [2.45, 2.75) is 0 Å². The van der Waals surface area contributed by atoms with Crippen molar-refractivity contribution in [1.82, 2.24) is 4.98 Å². The van der Waals surface area contributed by atoms with Crippen molar-refractivity contribution < 1.29 is 18.7 Å². The van der Waals surface area contributed by atoms with Crippen LogP contribution in [0.3, 0.4) is 0 Å². The predicted octanol–water partition coefficient (Wildman–Crippen LogP) is 3.19. The summed E-state index contributed by atoms with van der Waals surface area (Å²) in [5.74, 6) is 0.626. The lowest BCUT2D eigenvalue weighted by Crippen LogP contribution is -2.19. The number of rotatable bonds is 2. The van der Waals surface area contributed by atoms with Crippen LogP contribution in [0.15, 0.2) is 41.0 Å². The third-order valence-electron chi connectivity index (χ3n) is 3.50. The average Bonchev–Trinajstić information content (AvgIpc) is 3.21. The van der Waals surface area contributed by atoms with Gasteiger partial charge in [-0.3, -0.25) is 9.59 Å². The van der Waals surface area contributed by atoms with E-state index in [0.29, 0.717) is 32.5 Å². The highest BCUT2D eigenvalue weighted by Gasteiger charge is 2.34. The number of furan rings is 1. The zero-order valence-corrected chi connectivity index (χ0v) is 12.3. The van der Waals surface area contributed by atoms with Crippen molar-refractivity contribution in [2.75, 3.05) is 7.11 Å². The van der Waals surface area contributed by atoms with E-state index in [1.807, 2.05) is 0 Å². The Morgan fingerprint density at radius 1 is 1.14 bits per heavy atom. The minimum Gasteiger partial charge on any atom is -0.497 e. The molecule has 0 N–H and O–H groups in total. The molecule has 0 radical (unpaired) electrons. The van der Waals surface area contributed by atoms with Gasteiger partial charge in [0.2, 0.25) is 11.6 Å². The molecule has 2 heterocycles. The maximum atomic E-state index is 12.6. The molecule has 108 valence electrons. The van der Waals surface area contributed by atoms with Gasteiger partial charge < -0.3 is 9.15 Å². The SMILES string of the molecule is COc1ccc2c(c1)C(=O)c1sc(-c3ccco3)nc1C2=O. The number of hydrogen-bond donors (Lipinski definition) is 0. The first-order chi connectivity index (χ1) is 10.7. The van der Waals surface area contributed by atoms with Crippen molar-refractivity contribution in [3.63, 3.8) is 0 Å². The molecule has 0 bridgehead atoms. The van der Waals surface area contributed by atoms with Crippen molar-refractivity contribution in [3.8, 4) is 16.5 Å². The Balaban J connectivity index is 1.89. The Bertz CT molecular complexity index is 908. The molecule has 0 aliphatic heterocycles. The van der Waals surface area contributed by atoms with Crippen LogP contribution in [0.1, 0.15) is 31.3 Å². The van der Waals surface area contributed by atoms with Gasteiger partial charge in [-0.2, -0.15) is 0 Å². The highest BCUT2D eigenvalue weighted by molar-refractivity contribution is 7.17. The van der Waals surface area contributed by atoms with Gasteiger partial charge in [-0.15, -0.1) is 11.3 Å². The Labute approximate surface area is 129 Å². The zero-order valence-electron chi connectivity index (χ0n) is 11.5. The summed E-state index contributed by atoms with van der Waals surface area (Å²) in [6.45, 7) is 0. The first kappa shape index (κ1) is 13.0. The maximum Gasteiger partial charge on any atom is 0.213 e. The molecule has 3 aromatic rings. The number of benzene rings is 1. The molecule has 0 fully saturated rings.